The molecule has 10 heteroatoms. The lowest BCUT2D eigenvalue weighted by Crippen LogP contribution is -2.28. The number of hydrogen-bond acceptors (Lipinski definition) is 5. The predicted molar refractivity (Wildman–Crippen MR) is 133 cm³/mol. The number of carboxylic acids is 1. The monoisotopic (exact) mass is 528 g/mol. The van der Waals surface area contributed by atoms with Crippen LogP contribution in [-0.2, 0) is 11.2 Å². The Bertz CT molecular complexity index is 1390. The van der Waals surface area contributed by atoms with Crippen molar-refractivity contribution in [2.24, 2.45) is 0 Å². The largest absolute Gasteiger partial charge is 0.490 e. The van der Waals surface area contributed by atoms with Gasteiger partial charge in [0.1, 0.15) is 29.4 Å². The number of hydrogen-bond donors (Lipinski definition) is 2. The van der Waals surface area contributed by atoms with E-state index in [0.717, 1.165) is 0 Å². The first-order valence-electron chi connectivity index (χ1n) is 10.7. The van der Waals surface area contributed by atoms with Crippen LogP contribution in [0.25, 0.3) is 22.6 Å². The Morgan fingerprint density at radius 2 is 1.69 bits per heavy atom. The van der Waals surface area contributed by atoms with E-state index in [1.54, 1.807) is 42.5 Å². The third-order valence-electron chi connectivity index (χ3n) is 5.15. The standard InChI is InChI=1S/C26H19Cl2FN2O5/c27-18-7-10-21(20(28)14-18)35-12-11-30-26(34)23-24(16-3-1-15(2-4-16)13-22(32)33)31-36-25(23)17-5-8-19(29)9-6-17/h1-10,14H,11-13H2,(H,30,34)(H,32,33). The zero-order valence-electron chi connectivity index (χ0n) is 18.6. The number of benzene rings is 3. The van der Waals surface area contributed by atoms with Crippen LogP contribution in [0.5, 0.6) is 5.75 Å². The lowest BCUT2D eigenvalue weighted by atomic mass is 10.0. The number of nitrogens with zero attached hydrogens (tertiary/aromatic N) is 1. The van der Waals surface area contributed by atoms with Gasteiger partial charge in [-0.15, -0.1) is 0 Å². The summed E-state index contributed by atoms with van der Waals surface area (Å²) in [5, 5.41) is 16.7. The fourth-order valence-electron chi connectivity index (χ4n) is 3.46. The summed E-state index contributed by atoms with van der Waals surface area (Å²) < 4.78 is 24.6. The molecule has 0 saturated carbocycles. The van der Waals surface area contributed by atoms with E-state index >= 15 is 0 Å². The molecule has 2 N–H and O–H groups in total. The Balaban J connectivity index is 1.56. The smallest absolute Gasteiger partial charge is 0.307 e. The van der Waals surface area contributed by atoms with E-state index in [-0.39, 0.29) is 36.6 Å². The fourth-order valence-corrected chi connectivity index (χ4v) is 3.92. The van der Waals surface area contributed by atoms with Crippen LogP contribution in [-0.4, -0.2) is 35.3 Å². The highest BCUT2D eigenvalue weighted by Gasteiger charge is 2.25. The molecular formula is C26H19Cl2FN2O5. The maximum absolute atomic E-state index is 13.5. The number of aromatic nitrogens is 1. The van der Waals surface area contributed by atoms with Crippen molar-refractivity contribution in [3.63, 3.8) is 0 Å². The Morgan fingerprint density at radius 3 is 2.36 bits per heavy atom. The summed E-state index contributed by atoms with van der Waals surface area (Å²) in [7, 11) is 0. The van der Waals surface area contributed by atoms with Crippen LogP contribution in [0.1, 0.15) is 15.9 Å². The summed E-state index contributed by atoms with van der Waals surface area (Å²) in [5.41, 5.74) is 2.02. The number of carbonyl (C=O) groups excluding carboxylic acids is 1. The second-order valence-electron chi connectivity index (χ2n) is 7.69. The quantitative estimate of drug-likeness (QED) is 0.262. The Labute approximate surface area is 215 Å². The molecule has 0 aliphatic carbocycles. The molecule has 4 aromatic rings. The maximum Gasteiger partial charge on any atom is 0.307 e. The molecule has 0 aliphatic heterocycles. The molecule has 1 aromatic heterocycles. The third-order valence-corrected chi connectivity index (χ3v) is 5.68. The SMILES string of the molecule is O=C(O)Cc1ccc(-c2noc(-c3ccc(F)cc3)c2C(=O)NCCOc2ccc(Cl)cc2Cl)cc1. The molecular weight excluding hydrogens is 510 g/mol. The number of carbonyl (C=O) groups is 2. The second kappa shape index (κ2) is 11.2. The Kier molecular flexibility index (Phi) is 7.87. The lowest BCUT2D eigenvalue weighted by Gasteiger charge is -2.10. The van der Waals surface area contributed by atoms with Gasteiger partial charge in [-0.1, -0.05) is 52.6 Å². The van der Waals surface area contributed by atoms with Gasteiger partial charge in [-0.2, -0.15) is 0 Å². The summed E-state index contributed by atoms with van der Waals surface area (Å²) in [6.07, 6.45) is -0.134. The van der Waals surface area contributed by atoms with Gasteiger partial charge < -0.3 is 19.7 Å². The van der Waals surface area contributed by atoms with Gasteiger partial charge >= 0.3 is 5.97 Å². The topological polar surface area (TPSA) is 102 Å². The molecule has 0 radical (unpaired) electrons. The number of nitrogens with one attached hydrogen (secondary N) is 1. The lowest BCUT2D eigenvalue weighted by molar-refractivity contribution is -0.136. The van der Waals surface area contributed by atoms with Crippen LogP contribution in [0.4, 0.5) is 4.39 Å². The van der Waals surface area contributed by atoms with Gasteiger partial charge in [0.25, 0.3) is 5.91 Å². The molecule has 1 amide bonds. The minimum absolute atomic E-state index is 0.128. The van der Waals surface area contributed by atoms with Gasteiger partial charge in [0.2, 0.25) is 0 Å². The van der Waals surface area contributed by atoms with Crippen molar-refractivity contribution < 1.29 is 28.3 Å². The molecule has 0 spiro atoms. The zero-order chi connectivity index (χ0) is 25.7. The van der Waals surface area contributed by atoms with Crippen molar-refractivity contribution >= 4 is 35.1 Å². The van der Waals surface area contributed by atoms with E-state index in [4.69, 9.17) is 37.6 Å². The number of amides is 1. The molecule has 1 heterocycles. The van der Waals surface area contributed by atoms with E-state index in [0.29, 0.717) is 32.5 Å². The normalized spacial score (nSPS) is 10.8. The first kappa shape index (κ1) is 25.2. The van der Waals surface area contributed by atoms with Crippen LogP contribution < -0.4 is 10.1 Å². The number of rotatable bonds is 9. The average Bonchev–Trinajstić information content (AvgIpc) is 3.28. The number of halogens is 3. The summed E-state index contributed by atoms with van der Waals surface area (Å²) in [4.78, 5) is 24.2. The van der Waals surface area contributed by atoms with Crippen molar-refractivity contribution in [3.8, 4) is 28.3 Å². The van der Waals surface area contributed by atoms with Crippen molar-refractivity contribution in [3.05, 3.63) is 93.7 Å². The minimum atomic E-state index is -0.954. The highest BCUT2D eigenvalue weighted by molar-refractivity contribution is 6.35. The van der Waals surface area contributed by atoms with Gasteiger partial charge in [0.05, 0.1) is 18.0 Å². The van der Waals surface area contributed by atoms with E-state index in [2.05, 4.69) is 10.5 Å². The van der Waals surface area contributed by atoms with Gasteiger partial charge in [0.15, 0.2) is 5.76 Å². The predicted octanol–water partition coefficient (Wildman–Crippen LogP) is 5.89. The minimum Gasteiger partial charge on any atom is -0.490 e. The molecule has 7 nitrogen and oxygen atoms in total. The summed E-state index contributed by atoms with van der Waals surface area (Å²) in [5.74, 6) is -1.28. The number of aliphatic carboxylic acids is 1. The maximum atomic E-state index is 13.5. The molecule has 0 fully saturated rings. The Hall–Kier alpha value is -3.88. The van der Waals surface area contributed by atoms with Crippen LogP contribution >= 0.6 is 23.2 Å². The van der Waals surface area contributed by atoms with Crippen LogP contribution in [0.3, 0.4) is 0 Å². The molecule has 0 saturated heterocycles. The summed E-state index contributed by atoms with van der Waals surface area (Å²) in [6, 6.07) is 16.9. The highest BCUT2D eigenvalue weighted by Crippen LogP contribution is 2.33. The van der Waals surface area contributed by atoms with Crippen molar-refractivity contribution in [2.45, 2.75) is 6.42 Å². The van der Waals surface area contributed by atoms with Crippen LogP contribution in [0, 0.1) is 5.82 Å². The number of ether oxygens (including phenoxy) is 1. The van der Waals surface area contributed by atoms with E-state index in [1.165, 1.54) is 24.3 Å². The van der Waals surface area contributed by atoms with Gasteiger partial charge in [-0.25, -0.2) is 4.39 Å². The van der Waals surface area contributed by atoms with Crippen molar-refractivity contribution in [2.75, 3.05) is 13.2 Å². The van der Waals surface area contributed by atoms with E-state index < -0.39 is 17.7 Å². The average molecular weight is 529 g/mol. The van der Waals surface area contributed by atoms with Crippen molar-refractivity contribution in [1.82, 2.24) is 10.5 Å². The summed E-state index contributed by atoms with van der Waals surface area (Å²) >= 11 is 12.0. The van der Waals surface area contributed by atoms with Gasteiger partial charge in [-0.05, 0) is 48.0 Å². The molecule has 0 aliphatic rings. The highest BCUT2D eigenvalue weighted by atomic mass is 35.5. The van der Waals surface area contributed by atoms with Crippen LogP contribution in [0.2, 0.25) is 10.0 Å². The molecule has 0 atom stereocenters. The van der Waals surface area contributed by atoms with E-state index in [1.807, 2.05) is 0 Å². The number of carboxylic acid groups (broad SMARTS) is 1. The third kappa shape index (κ3) is 6.02. The fraction of sp³-hybridized carbons (Fsp3) is 0.115. The summed E-state index contributed by atoms with van der Waals surface area (Å²) in [6.45, 7) is 0.270. The first-order valence-corrected chi connectivity index (χ1v) is 11.5. The second-order valence-corrected chi connectivity index (χ2v) is 8.53. The molecule has 4 rings (SSSR count). The molecule has 184 valence electrons. The molecule has 36 heavy (non-hydrogen) atoms. The van der Waals surface area contributed by atoms with Gasteiger partial charge in [0, 0.05) is 16.1 Å². The van der Waals surface area contributed by atoms with E-state index in [9.17, 15) is 14.0 Å². The van der Waals surface area contributed by atoms with Crippen molar-refractivity contribution in [1.29, 1.82) is 0 Å². The van der Waals surface area contributed by atoms with Gasteiger partial charge in [-0.3, -0.25) is 9.59 Å². The molecule has 0 unspecified atom stereocenters. The first-order chi connectivity index (χ1) is 17.3. The van der Waals surface area contributed by atoms with Crippen LogP contribution in [0.15, 0.2) is 71.3 Å². The molecule has 3 aromatic carbocycles. The molecule has 0 bridgehead atoms. The Morgan fingerprint density at radius 1 is 1.00 bits per heavy atom. The zero-order valence-corrected chi connectivity index (χ0v) is 20.1.